The fraction of sp³-hybridized carbons (Fsp3) is 0.643. The van der Waals surface area contributed by atoms with Crippen LogP contribution in [0.1, 0.15) is 19.8 Å². The van der Waals surface area contributed by atoms with Crippen molar-refractivity contribution in [3.63, 3.8) is 0 Å². The van der Waals surface area contributed by atoms with Crippen molar-refractivity contribution in [3.05, 3.63) is 24.1 Å². The summed E-state index contributed by atoms with van der Waals surface area (Å²) >= 11 is 0. The Morgan fingerprint density at radius 1 is 1.50 bits per heavy atom. The van der Waals surface area contributed by atoms with Crippen LogP contribution in [0.2, 0.25) is 0 Å². The van der Waals surface area contributed by atoms with Crippen LogP contribution in [0, 0.1) is 5.82 Å². The molecule has 0 unspecified atom stereocenters. The number of morpholine rings is 1. The van der Waals surface area contributed by atoms with Crippen molar-refractivity contribution in [2.45, 2.75) is 38.0 Å². The predicted molar refractivity (Wildman–Crippen MR) is 77.5 cm³/mol. The van der Waals surface area contributed by atoms with E-state index in [9.17, 15) is 12.8 Å². The maximum Gasteiger partial charge on any atom is 0.250 e. The Morgan fingerprint density at radius 3 is 3.05 bits per heavy atom. The van der Waals surface area contributed by atoms with E-state index in [0.717, 1.165) is 0 Å². The molecule has 3 atom stereocenters. The number of hydrogen-bond acceptors (Lipinski definition) is 5. The van der Waals surface area contributed by atoms with E-state index in [0.29, 0.717) is 26.0 Å². The SMILES string of the molecule is CCS(=O)(=O)N1CCO[C@H]2[C@H](Oc3ncccc3F)CC[C@@H]21. The lowest BCUT2D eigenvalue weighted by Gasteiger charge is -2.37. The van der Waals surface area contributed by atoms with Gasteiger partial charge in [-0.3, -0.25) is 0 Å². The third-order valence-electron chi connectivity index (χ3n) is 4.19. The Balaban J connectivity index is 1.77. The number of halogens is 1. The van der Waals surface area contributed by atoms with E-state index >= 15 is 0 Å². The molecule has 22 heavy (non-hydrogen) atoms. The molecule has 2 fully saturated rings. The van der Waals surface area contributed by atoms with Crippen LogP contribution in [0.3, 0.4) is 0 Å². The van der Waals surface area contributed by atoms with E-state index in [1.807, 2.05) is 0 Å². The zero-order valence-corrected chi connectivity index (χ0v) is 13.1. The Kier molecular flexibility index (Phi) is 4.33. The molecule has 0 spiro atoms. The molecule has 1 saturated carbocycles. The van der Waals surface area contributed by atoms with Crippen molar-refractivity contribution in [1.29, 1.82) is 0 Å². The van der Waals surface area contributed by atoms with Crippen LogP contribution < -0.4 is 4.74 Å². The summed E-state index contributed by atoms with van der Waals surface area (Å²) in [6.07, 6.45) is 1.95. The highest BCUT2D eigenvalue weighted by atomic mass is 32.2. The lowest BCUT2D eigenvalue weighted by Crippen LogP contribution is -2.54. The minimum absolute atomic E-state index is 0.0628. The van der Waals surface area contributed by atoms with Gasteiger partial charge in [-0.1, -0.05) is 0 Å². The zero-order valence-electron chi connectivity index (χ0n) is 12.3. The molecule has 1 aromatic rings. The van der Waals surface area contributed by atoms with Crippen LogP contribution in [-0.2, 0) is 14.8 Å². The molecule has 1 saturated heterocycles. The fourth-order valence-corrected chi connectivity index (χ4v) is 4.44. The summed E-state index contributed by atoms with van der Waals surface area (Å²) in [7, 11) is -3.27. The van der Waals surface area contributed by atoms with Gasteiger partial charge >= 0.3 is 0 Å². The monoisotopic (exact) mass is 330 g/mol. The van der Waals surface area contributed by atoms with Crippen LogP contribution in [0.25, 0.3) is 0 Å². The summed E-state index contributed by atoms with van der Waals surface area (Å²) in [4.78, 5) is 3.88. The zero-order chi connectivity index (χ0) is 15.7. The summed E-state index contributed by atoms with van der Waals surface area (Å²) in [5, 5.41) is 0. The van der Waals surface area contributed by atoms with Crippen LogP contribution >= 0.6 is 0 Å². The first-order valence-electron chi connectivity index (χ1n) is 7.41. The number of rotatable bonds is 4. The molecule has 2 aliphatic rings. The number of hydrogen-bond donors (Lipinski definition) is 0. The molecule has 1 aliphatic heterocycles. The molecule has 0 aromatic carbocycles. The smallest absolute Gasteiger partial charge is 0.250 e. The van der Waals surface area contributed by atoms with Gasteiger partial charge in [-0.2, -0.15) is 4.31 Å². The van der Waals surface area contributed by atoms with Crippen LogP contribution in [-0.4, -0.2) is 54.9 Å². The van der Waals surface area contributed by atoms with Crippen LogP contribution in [0.5, 0.6) is 5.88 Å². The molecule has 0 amide bonds. The van der Waals surface area contributed by atoms with Crippen molar-refractivity contribution in [2.75, 3.05) is 18.9 Å². The third kappa shape index (κ3) is 2.82. The molecule has 3 rings (SSSR count). The maximum atomic E-state index is 13.7. The third-order valence-corrected chi connectivity index (χ3v) is 6.09. The quantitative estimate of drug-likeness (QED) is 0.829. The van der Waals surface area contributed by atoms with Gasteiger partial charge in [0.15, 0.2) is 5.82 Å². The second-order valence-corrected chi connectivity index (χ2v) is 7.65. The molecule has 122 valence electrons. The highest BCUT2D eigenvalue weighted by Crippen LogP contribution is 2.34. The average Bonchev–Trinajstić information content (AvgIpc) is 2.92. The Labute approximate surface area is 129 Å². The summed E-state index contributed by atoms with van der Waals surface area (Å²) in [6.45, 7) is 2.32. The van der Waals surface area contributed by atoms with Gasteiger partial charge in [0, 0.05) is 12.7 Å². The first-order valence-corrected chi connectivity index (χ1v) is 9.02. The highest BCUT2D eigenvalue weighted by Gasteiger charge is 2.47. The van der Waals surface area contributed by atoms with E-state index in [1.54, 1.807) is 6.92 Å². The number of sulfonamides is 1. The molecule has 1 aromatic heterocycles. The van der Waals surface area contributed by atoms with Crippen molar-refractivity contribution in [2.24, 2.45) is 0 Å². The molecule has 2 heterocycles. The lowest BCUT2D eigenvalue weighted by molar-refractivity contribution is -0.0675. The number of nitrogens with zero attached hydrogens (tertiary/aromatic N) is 2. The van der Waals surface area contributed by atoms with Crippen LogP contribution in [0.4, 0.5) is 4.39 Å². The van der Waals surface area contributed by atoms with E-state index in [2.05, 4.69) is 4.98 Å². The van der Waals surface area contributed by atoms with Crippen molar-refractivity contribution >= 4 is 10.0 Å². The van der Waals surface area contributed by atoms with Gasteiger partial charge < -0.3 is 9.47 Å². The summed E-state index contributed by atoms with van der Waals surface area (Å²) < 4.78 is 50.9. The van der Waals surface area contributed by atoms with E-state index < -0.39 is 15.8 Å². The molecule has 0 N–H and O–H groups in total. The molecular weight excluding hydrogens is 311 g/mol. The van der Waals surface area contributed by atoms with Gasteiger partial charge in [0.25, 0.3) is 5.88 Å². The van der Waals surface area contributed by atoms with Crippen molar-refractivity contribution in [3.8, 4) is 5.88 Å². The number of pyridine rings is 1. The van der Waals surface area contributed by atoms with E-state index in [-0.39, 0.29) is 29.9 Å². The Hall–Kier alpha value is -1.25. The minimum Gasteiger partial charge on any atom is -0.469 e. The Bertz CT molecular complexity index is 639. The first kappa shape index (κ1) is 15.6. The van der Waals surface area contributed by atoms with Crippen LogP contribution in [0.15, 0.2) is 18.3 Å². The van der Waals surface area contributed by atoms with Gasteiger partial charge in [0.2, 0.25) is 10.0 Å². The van der Waals surface area contributed by atoms with Gasteiger partial charge in [-0.05, 0) is 31.9 Å². The second kappa shape index (κ2) is 6.10. The second-order valence-electron chi connectivity index (χ2n) is 5.44. The number of ether oxygens (including phenoxy) is 2. The van der Waals surface area contributed by atoms with Crippen molar-refractivity contribution in [1.82, 2.24) is 9.29 Å². The molecule has 0 bridgehead atoms. The van der Waals surface area contributed by atoms with Gasteiger partial charge in [0.1, 0.15) is 12.2 Å². The first-order chi connectivity index (χ1) is 10.5. The Morgan fingerprint density at radius 2 is 2.32 bits per heavy atom. The highest BCUT2D eigenvalue weighted by molar-refractivity contribution is 7.89. The standard InChI is InChI=1S/C14H19FN2O4S/c1-2-22(18,19)17-8-9-20-13-11(17)5-6-12(13)21-14-10(15)4-3-7-16-14/h3-4,7,11-13H,2,5-6,8-9H2,1H3/t11-,12+,13+/m0/s1. The molecular formula is C14H19FN2O4S. The van der Waals surface area contributed by atoms with Gasteiger partial charge in [0.05, 0.1) is 18.4 Å². The molecule has 0 radical (unpaired) electrons. The average molecular weight is 330 g/mol. The van der Waals surface area contributed by atoms with E-state index in [1.165, 1.54) is 22.6 Å². The predicted octanol–water partition coefficient (Wildman–Crippen LogP) is 1.18. The minimum atomic E-state index is -3.27. The molecule has 8 heteroatoms. The van der Waals surface area contributed by atoms with E-state index in [4.69, 9.17) is 9.47 Å². The summed E-state index contributed by atoms with van der Waals surface area (Å²) in [5.41, 5.74) is 0. The van der Waals surface area contributed by atoms with Gasteiger partial charge in [-0.25, -0.2) is 17.8 Å². The largest absolute Gasteiger partial charge is 0.469 e. The fourth-order valence-electron chi connectivity index (χ4n) is 3.12. The van der Waals surface area contributed by atoms with Gasteiger partial charge in [-0.15, -0.1) is 0 Å². The molecule has 1 aliphatic carbocycles. The molecule has 6 nitrogen and oxygen atoms in total. The summed E-state index contributed by atoms with van der Waals surface area (Å²) in [5.74, 6) is -0.525. The number of fused-ring (bicyclic) bond motifs is 1. The number of aromatic nitrogens is 1. The maximum absolute atomic E-state index is 13.7. The van der Waals surface area contributed by atoms with Crippen molar-refractivity contribution < 1.29 is 22.3 Å². The normalized spacial score (nSPS) is 29.3. The topological polar surface area (TPSA) is 68.7 Å². The summed E-state index contributed by atoms with van der Waals surface area (Å²) in [6, 6.07) is 2.53. The lowest BCUT2D eigenvalue weighted by atomic mass is 10.1.